The van der Waals surface area contributed by atoms with Crippen LogP contribution in [0.25, 0.3) is 27.7 Å². The zero-order valence-electron chi connectivity index (χ0n) is 19.2. The molecule has 1 unspecified atom stereocenters. The van der Waals surface area contributed by atoms with E-state index in [-0.39, 0.29) is 11.9 Å². The largest absolute Gasteiger partial charge is 0.493 e. The quantitative estimate of drug-likeness (QED) is 0.346. The van der Waals surface area contributed by atoms with Crippen molar-refractivity contribution in [1.82, 2.24) is 4.90 Å². The smallest absolute Gasteiger partial charge is 0.247 e. The van der Waals surface area contributed by atoms with Crippen LogP contribution < -0.4 is 4.74 Å². The summed E-state index contributed by atoms with van der Waals surface area (Å²) in [6.45, 7) is 9.50. The second-order valence-electron chi connectivity index (χ2n) is 8.55. The molecule has 3 aromatic rings. The van der Waals surface area contributed by atoms with E-state index in [0.29, 0.717) is 6.61 Å². The first-order valence-corrected chi connectivity index (χ1v) is 12.1. The number of amides is 1. The van der Waals surface area contributed by atoms with Gasteiger partial charge in [0.25, 0.3) is 0 Å². The Hall–Kier alpha value is -2.53. The average molecular weight is 496 g/mol. The molecular weight excluding hydrogens is 466 g/mol. The number of benzene rings is 2. The Bertz CT molecular complexity index is 1180. The number of carbonyl (C=O) groups is 1. The highest BCUT2D eigenvalue weighted by Gasteiger charge is 2.23. The van der Waals surface area contributed by atoms with Gasteiger partial charge in [-0.25, -0.2) is 0 Å². The molecule has 1 amide bonds. The SMILES string of the molecule is CCOc1c(/C(C)=C/C(=O)N2CCCCC2C)cc2c(-c3cccc(Br)c3)coc2c1C. The first-order chi connectivity index (χ1) is 15.4. The first-order valence-electron chi connectivity index (χ1n) is 11.3. The van der Waals surface area contributed by atoms with Crippen LogP contribution in [0.15, 0.2) is 51.6 Å². The molecule has 0 aliphatic carbocycles. The van der Waals surface area contributed by atoms with E-state index in [1.165, 1.54) is 6.42 Å². The number of carbonyl (C=O) groups excluding carboxylic acids is 1. The van der Waals surface area contributed by atoms with Crippen LogP contribution in [-0.4, -0.2) is 30.0 Å². The third-order valence-electron chi connectivity index (χ3n) is 6.32. The minimum absolute atomic E-state index is 0.0781. The number of ether oxygens (including phenoxy) is 1. The van der Waals surface area contributed by atoms with Crippen molar-refractivity contribution in [2.24, 2.45) is 0 Å². The van der Waals surface area contributed by atoms with Gasteiger partial charge in [0.1, 0.15) is 11.3 Å². The van der Waals surface area contributed by atoms with Crippen molar-refractivity contribution in [2.45, 2.75) is 53.0 Å². The zero-order valence-corrected chi connectivity index (χ0v) is 20.8. The number of furan rings is 1. The van der Waals surface area contributed by atoms with Gasteiger partial charge < -0.3 is 14.1 Å². The third kappa shape index (κ3) is 4.36. The molecule has 1 saturated heterocycles. The molecule has 0 radical (unpaired) electrons. The number of rotatable bonds is 5. The molecule has 32 heavy (non-hydrogen) atoms. The van der Waals surface area contributed by atoms with E-state index >= 15 is 0 Å². The number of fused-ring (bicyclic) bond motifs is 1. The molecule has 2 heterocycles. The number of nitrogens with zero attached hydrogens (tertiary/aromatic N) is 1. The summed E-state index contributed by atoms with van der Waals surface area (Å²) in [7, 11) is 0. The van der Waals surface area contributed by atoms with Crippen LogP contribution >= 0.6 is 15.9 Å². The van der Waals surface area contributed by atoms with Gasteiger partial charge in [-0.05, 0) is 76.3 Å². The van der Waals surface area contributed by atoms with Crippen molar-refractivity contribution in [3.05, 3.63) is 58.3 Å². The molecule has 0 bridgehead atoms. The Labute approximate surface area is 198 Å². The molecule has 1 atom stereocenters. The van der Waals surface area contributed by atoms with Crippen LogP contribution in [0.5, 0.6) is 5.75 Å². The molecule has 4 nitrogen and oxygen atoms in total. The lowest BCUT2D eigenvalue weighted by Gasteiger charge is -2.32. The molecule has 1 fully saturated rings. The minimum Gasteiger partial charge on any atom is -0.493 e. The Kier molecular flexibility index (Phi) is 6.75. The molecule has 2 aromatic carbocycles. The number of hydrogen-bond donors (Lipinski definition) is 0. The maximum Gasteiger partial charge on any atom is 0.247 e. The maximum absolute atomic E-state index is 13.1. The molecule has 1 aliphatic rings. The Morgan fingerprint density at radius 2 is 2.12 bits per heavy atom. The van der Waals surface area contributed by atoms with Crippen molar-refractivity contribution in [2.75, 3.05) is 13.2 Å². The summed E-state index contributed by atoms with van der Waals surface area (Å²) in [6, 6.07) is 10.6. The standard InChI is InChI=1S/C27H30BrNO3/c1-5-31-26-19(4)27-23(24(16-32-27)20-10-8-11-21(28)14-20)15-22(26)17(2)13-25(30)29-12-7-6-9-18(29)3/h8,10-11,13-16,18H,5-7,9,12H2,1-4H3/b17-13+. The monoisotopic (exact) mass is 495 g/mol. The van der Waals surface area contributed by atoms with Gasteiger partial charge in [0.15, 0.2) is 0 Å². The average Bonchev–Trinajstić information content (AvgIpc) is 3.20. The topological polar surface area (TPSA) is 42.7 Å². The van der Waals surface area contributed by atoms with E-state index in [1.807, 2.05) is 37.8 Å². The number of likely N-dealkylation sites (tertiary alicyclic amines) is 1. The van der Waals surface area contributed by atoms with Crippen molar-refractivity contribution in [3.63, 3.8) is 0 Å². The van der Waals surface area contributed by atoms with Gasteiger partial charge in [0, 0.05) is 45.2 Å². The lowest BCUT2D eigenvalue weighted by molar-refractivity contribution is -0.129. The fourth-order valence-electron chi connectivity index (χ4n) is 4.59. The molecule has 0 spiro atoms. The van der Waals surface area contributed by atoms with Crippen LogP contribution in [0.4, 0.5) is 0 Å². The summed E-state index contributed by atoms with van der Waals surface area (Å²) in [6.07, 6.45) is 6.90. The van der Waals surface area contributed by atoms with Crippen LogP contribution in [0, 0.1) is 6.92 Å². The predicted octanol–water partition coefficient (Wildman–Crippen LogP) is 7.37. The lowest BCUT2D eigenvalue weighted by Crippen LogP contribution is -2.41. The zero-order chi connectivity index (χ0) is 22.8. The Morgan fingerprint density at radius 1 is 1.31 bits per heavy atom. The van der Waals surface area contributed by atoms with Crippen molar-refractivity contribution >= 4 is 38.4 Å². The predicted molar refractivity (Wildman–Crippen MR) is 134 cm³/mol. The van der Waals surface area contributed by atoms with E-state index in [0.717, 1.165) is 68.4 Å². The number of allylic oxidation sites excluding steroid dienone is 1. The number of halogens is 1. The van der Waals surface area contributed by atoms with Crippen LogP contribution in [0.2, 0.25) is 0 Å². The molecular formula is C27H30BrNO3. The maximum atomic E-state index is 13.1. The van der Waals surface area contributed by atoms with E-state index in [4.69, 9.17) is 9.15 Å². The lowest BCUT2D eigenvalue weighted by atomic mass is 9.96. The molecule has 0 saturated carbocycles. The summed E-state index contributed by atoms with van der Waals surface area (Å²) in [5.41, 5.74) is 5.71. The second-order valence-corrected chi connectivity index (χ2v) is 9.47. The van der Waals surface area contributed by atoms with Gasteiger partial charge in [-0.1, -0.05) is 28.1 Å². The van der Waals surface area contributed by atoms with Gasteiger partial charge in [-0.3, -0.25) is 4.79 Å². The van der Waals surface area contributed by atoms with Gasteiger partial charge in [-0.15, -0.1) is 0 Å². The molecule has 1 aromatic heterocycles. The highest BCUT2D eigenvalue weighted by Crippen LogP contribution is 2.41. The van der Waals surface area contributed by atoms with Gasteiger partial charge in [0.05, 0.1) is 12.9 Å². The highest BCUT2D eigenvalue weighted by molar-refractivity contribution is 9.10. The second kappa shape index (κ2) is 9.53. The van der Waals surface area contributed by atoms with Crippen LogP contribution in [0.3, 0.4) is 0 Å². The van der Waals surface area contributed by atoms with Crippen molar-refractivity contribution in [3.8, 4) is 16.9 Å². The van der Waals surface area contributed by atoms with E-state index in [2.05, 4.69) is 41.1 Å². The number of hydrogen-bond acceptors (Lipinski definition) is 3. The summed E-state index contributed by atoms with van der Waals surface area (Å²) >= 11 is 3.56. The van der Waals surface area contributed by atoms with Crippen LogP contribution in [0.1, 0.15) is 51.2 Å². The highest BCUT2D eigenvalue weighted by atomic mass is 79.9. The fourth-order valence-corrected chi connectivity index (χ4v) is 4.99. The first kappa shape index (κ1) is 22.7. The van der Waals surface area contributed by atoms with E-state index < -0.39 is 0 Å². The summed E-state index contributed by atoms with van der Waals surface area (Å²) < 4.78 is 13.1. The Balaban J connectivity index is 1.82. The normalized spacial score (nSPS) is 17.1. The molecule has 168 valence electrons. The fraction of sp³-hybridized carbons (Fsp3) is 0.370. The number of piperidine rings is 1. The number of aryl methyl sites for hydroxylation is 1. The summed E-state index contributed by atoms with van der Waals surface area (Å²) in [4.78, 5) is 15.1. The minimum atomic E-state index is 0.0781. The Morgan fingerprint density at radius 3 is 2.84 bits per heavy atom. The van der Waals surface area contributed by atoms with Crippen molar-refractivity contribution in [1.29, 1.82) is 0 Å². The van der Waals surface area contributed by atoms with Gasteiger partial charge in [-0.2, -0.15) is 0 Å². The molecule has 5 heteroatoms. The molecule has 1 aliphatic heterocycles. The van der Waals surface area contributed by atoms with E-state index in [1.54, 1.807) is 12.3 Å². The van der Waals surface area contributed by atoms with Gasteiger partial charge in [0.2, 0.25) is 5.91 Å². The van der Waals surface area contributed by atoms with Crippen LogP contribution in [-0.2, 0) is 4.79 Å². The van der Waals surface area contributed by atoms with Gasteiger partial charge >= 0.3 is 0 Å². The van der Waals surface area contributed by atoms with Crippen molar-refractivity contribution < 1.29 is 13.9 Å². The summed E-state index contributed by atoms with van der Waals surface area (Å²) in [5, 5.41) is 1.02. The molecule has 4 rings (SSSR count). The molecule has 0 N–H and O–H groups in total. The summed E-state index contributed by atoms with van der Waals surface area (Å²) in [5.74, 6) is 0.859. The van der Waals surface area contributed by atoms with E-state index in [9.17, 15) is 4.79 Å². The third-order valence-corrected chi connectivity index (χ3v) is 6.81.